The highest BCUT2D eigenvalue weighted by Crippen LogP contribution is 2.17. The molecule has 7 heteroatoms. The van der Waals surface area contributed by atoms with Gasteiger partial charge in [0.15, 0.2) is 5.96 Å². The highest BCUT2D eigenvalue weighted by atomic mass is 15.4. The number of benzene rings is 1. The fraction of sp³-hybridized carbons (Fsp3) is 0.333. The molecule has 3 aromatic rings. The Morgan fingerprint density at radius 2 is 1.75 bits per heavy atom. The highest BCUT2D eigenvalue weighted by molar-refractivity contribution is 5.85. The van der Waals surface area contributed by atoms with Gasteiger partial charge in [-0.05, 0) is 24.4 Å². The zero-order valence-electron chi connectivity index (χ0n) is 16.1. The molecule has 0 atom stereocenters. The summed E-state index contributed by atoms with van der Waals surface area (Å²) >= 11 is 0. The van der Waals surface area contributed by atoms with Gasteiger partial charge in [0, 0.05) is 56.7 Å². The quantitative estimate of drug-likeness (QED) is 0.557. The lowest BCUT2D eigenvalue weighted by Gasteiger charge is -2.36. The summed E-state index contributed by atoms with van der Waals surface area (Å²) in [6, 6.07) is 12.2. The van der Waals surface area contributed by atoms with Crippen molar-refractivity contribution in [3.63, 3.8) is 0 Å². The number of guanidine groups is 1. The molecule has 4 rings (SSSR count). The molecule has 3 heterocycles. The molecule has 1 aromatic carbocycles. The van der Waals surface area contributed by atoms with Gasteiger partial charge in [-0.1, -0.05) is 24.3 Å². The first-order chi connectivity index (χ1) is 13.8. The molecule has 0 saturated carbocycles. The molecule has 0 bridgehead atoms. The van der Waals surface area contributed by atoms with E-state index >= 15 is 0 Å². The van der Waals surface area contributed by atoms with Gasteiger partial charge in [0.25, 0.3) is 0 Å². The van der Waals surface area contributed by atoms with Crippen molar-refractivity contribution in [1.29, 1.82) is 0 Å². The summed E-state index contributed by atoms with van der Waals surface area (Å²) in [6.45, 7) is 7.01. The predicted molar refractivity (Wildman–Crippen MR) is 112 cm³/mol. The van der Waals surface area contributed by atoms with E-state index in [1.54, 1.807) is 12.4 Å². The van der Waals surface area contributed by atoms with Crippen molar-refractivity contribution in [1.82, 2.24) is 25.2 Å². The molecule has 28 heavy (non-hydrogen) atoms. The number of piperazine rings is 1. The standard InChI is InChI=1S/C21H25N7/c1-2-22-20(26-16-19-18-7-4-3-6-17(18)8-11-23-19)27-12-14-28(15-13-27)21-24-9-5-10-25-21/h3-11H,2,12-16H2,1H3,(H,22,26). The van der Waals surface area contributed by atoms with Gasteiger partial charge in [-0.25, -0.2) is 15.0 Å². The van der Waals surface area contributed by atoms with Crippen molar-refractivity contribution in [3.8, 4) is 0 Å². The normalized spacial score (nSPS) is 15.1. The summed E-state index contributed by atoms with van der Waals surface area (Å²) in [6.07, 6.45) is 5.44. The van der Waals surface area contributed by atoms with Crippen LogP contribution in [0.3, 0.4) is 0 Å². The Bertz CT molecular complexity index is 928. The van der Waals surface area contributed by atoms with Crippen LogP contribution in [0.4, 0.5) is 5.95 Å². The lowest BCUT2D eigenvalue weighted by Crippen LogP contribution is -2.53. The van der Waals surface area contributed by atoms with Crippen LogP contribution in [0.2, 0.25) is 0 Å². The van der Waals surface area contributed by atoms with E-state index in [4.69, 9.17) is 4.99 Å². The van der Waals surface area contributed by atoms with Crippen molar-refractivity contribution in [3.05, 3.63) is 60.7 Å². The summed E-state index contributed by atoms with van der Waals surface area (Å²) in [5, 5.41) is 5.78. The minimum atomic E-state index is 0.561. The van der Waals surface area contributed by atoms with Gasteiger partial charge in [-0.2, -0.15) is 0 Å². The van der Waals surface area contributed by atoms with Crippen molar-refractivity contribution < 1.29 is 0 Å². The number of rotatable bonds is 4. The smallest absolute Gasteiger partial charge is 0.225 e. The first-order valence-electron chi connectivity index (χ1n) is 9.73. The highest BCUT2D eigenvalue weighted by Gasteiger charge is 2.21. The van der Waals surface area contributed by atoms with Crippen LogP contribution in [0.15, 0.2) is 60.0 Å². The number of hydrogen-bond acceptors (Lipinski definition) is 5. The Hall–Kier alpha value is -3.22. The third-order valence-corrected chi connectivity index (χ3v) is 4.88. The maximum atomic E-state index is 4.87. The number of fused-ring (bicyclic) bond motifs is 1. The van der Waals surface area contributed by atoms with E-state index in [-0.39, 0.29) is 0 Å². The lowest BCUT2D eigenvalue weighted by molar-refractivity contribution is 0.370. The zero-order chi connectivity index (χ0) is 19.2. The number of anilines is 1. The second-order valence-corrected chi connectivity index (χ2v) is 6.67. The largest absolute Gasteiger partial charge is 0.357 e. The van der Waals surface area contributed by atoms with Crippen LogP contribution < -0.4 is 10.2 Å². The average Bonchev–Trinajstić information content (AvgIpc) is 2.77. The maximum absolute atomic E-state index is 4.87. The minimum Gasteiger partial charge on any atom is -0.357 e. The van der Waals surface area contributed by atoms with E-state index in [1.807, 2.05) is 24.4 Å². The Kier molecular flexibility index (Phi) is 5.61. The van der Waals surface area contributed by atoms with Gasteiger partial charge in [-0.3, -0.25) is 4.98 Å². The lowest BCUT2D eigenvalue weighted by atomic mass is 10.1. The van der Waals surface area contributed by atoms with E-state index in [0.29, 0.717) is 6.54 Å². The molecule has 1 N–H and O–H groups in total. The molecule has 7 nitrogen and oxygen atoms in total. The first kappa shape index (κ1) is 18.2. The Morgan fingerprint density at radius 3 is 2.54 bits per heavy atom. The fourth-order valence-electron chi connectivity index (χ4n) is 3.46. The molecule has 0 spiro atoms. The van der Waals surface area contributed by atoms with E-state index in [0.717, 1.165) is 55.7 Å². The Balaban J connectivity index is 1.47. The van der Waals surface area contributed by atoms with Crippen LogP contribution in [-0.2, 0) is 6.54 Å². The average molecular weight is 375 g/mol. The molecule has 144 valence electrons. The molecular formula is C21H25N7. The molecule has 0 unspecified atom stereocenters. The monoisotopic (exact) mass is 375 g/mol. The molecule has 0 aliphatic carbocycles. The van der Waals surface area contributed by atoms with Gasteiger partial charge < -0.3 is 15.1 Å². The van der Waals surface area contributed by atoms with Gasteiger partial charge in [0.05, 0.1) is 12.2 Å². The molecule has 1 aliphatic heterocycles. The number of aliphatic imine (C=N–C) groups is 1. The minimum absolute atomic E-state index is 0.561. The second kappa shape index (κ2) is 8.65. The van der Waals surface area contributed by atoms with Crippen molar-refractivity contribution >= 4 is 22.7 Å². The topological polar surface area (TPSA) is 69.5 Å². The fourth-order valence-corrected chi connectivity index (χ4v) is 3.46. The molecule has 1 aliphatic rings. The van der Waals surface area contributed by atoms with E-state index in [1.165, 1.54) is 5.39 Å². The van der Waals surface area contributed by atoms with Crippen molar-refractivity contribution in [2.24, 2.45) is 4.99 Å². The van der Waals surface area contributed by atoms with E-state index < -0.39 is 0 Å². The number of nitrogens with one attached hydrogen (secondary N) is 1. The maximum Gasteiger partial charge on any atom is 0.225 e. The summed E-state index contributed by atoms with van der Waals surface area (Å²) < 4.78 is 0. The molecule has 0 radical (unpaired) electrons. The molecular weight excluding hydrogens is 350 g/mol. The number of aromatic nitrogens is 3. The summed E-state index contributed by atoms with van der Waals surface area (Å²) in [4.78, 5) is 22.7. The molecule has 0 amide bonds. The number of hydrogen-bond donors (Lipinski definition) is 1. The van der Waals surface area contributed by atoms with Crippen LogP contribution in [-0.4, -0.2) is 58.5 Å². The number of nitrogens with zero attached hydrogens (tertiary/aromatic N) is 6. The van der Waals surface area contributed by atoms with Crippen LogP contribution >= 0.6 is 0 Å². The summed E-state index contributed by atoms with van der Waals surface area (Å²) in [7, 11) is 0. The van der Waals surface area contributed by atoms with E-state index in [9.17, 15) is 0 Å². The first-order valence-corrected chi connectivity index (χ1v) is 9.73. The molecule has 2 aromatic heterocycles. The summed E-state index contributed by atoms with van der Waals surface area (Å²) in [5.41, 5.74) is 1.00. The van der Waals surface area contributed by atoms with Gasteiger partial charge >= 0.3 is 0 Å². The third kappa shape index (κ3) is 4.03. The van der Waals surface area contributed by atoms with E-state index in [2.05, 4.69) is 55.2 Å². The second-order valence-electron chi connectivity index (χ2n) is 6.67. The molecule has 1 saturated heterocycles. The molecule has 1 fully saturated rings. The van der Waals surface area contributed by atoms with Gasteiger partial charge in [0.1, 0.15) is 0 Å². The third-order valence-electron chi connectivity index (χ3n) is 4.88. The SMILES string of the molecule is CCNC(=NCc1nccc2ccccc12)N1CCN(c2ncccn2)CC1. The van der Waals surface area contributed by atoms with Gasteiger partial charge in [-0.15, -0.1) is 0 Å². The van der Waals surface area contributed by atoms with Crippen LogP contribution in [0.25, 0.3) is 10.8 Å². The Morgan fingerprint density at radius 1 is 0.964 bits per heavy atom. The van der Waals surface area contributed by atoms with Crippen LogP contribution in [0.5, 0.6) is 0 Å². The van der Waals surface area contributed by atoms with Gasteiger partial charge in [0.2, 0.25) is 5.95 Å². The predicted octanol–water partition coefficient (Wildman–Crippen LogP) is 2.31. The van der Waals surface area contributed by atoms with Crippen molar-refractivity contribution in [2.45, 2.75) is 13.5 Å². The number of pyridine rings is 1. The van der Waals surface area contributed by atoms with Crippen molar-refractivity contribution in [2.75, 3.05) is 37.6 Å². The summed E-state index contributed by atoms with van der Waals surface area (Å²) in [5.74, 6) is 1.73. The van der Waals surface area contributed by atoms with Crippen LogP contribution in [0.1, 0.15) is 12.6 Å². The Labute approximate surface area is 165 Å². The van der Waals surface area contributed by atoms with Crippen LogP contribution in [0, 0.1) is 0 Å². The zero-order valence-corrected chi connectivity index (χ0v) is 16.1.